The van der Waals surface area contributed by atoms with Crippen LogP contribution in [0, 0.1) is 5.41 Å². The van der Waals surface area contributed by atoms with Gasteiger partial charge in [0.1, 0.15) is 22.8 Å². The third-order valence-corrected chi connectivity index (χ3v) is 7.13. The lowest BCUT2D eigenvalue weighted by Gasteiger charge is -2.04. The Morgan fingerprint density at radius 1 is 0.745 bits per heavy atom. The van der Waals surface area contributed by atoms with Gasteiger partial charge in [0.15, 0.2) is 5.82 Å². The lowest BCUT2D eigenvalue weighted by Crippen LogP contribution is -2.28. The third-order valence-electron chi connectivity index (χ3n) is 6.77. The Kier molecular flexibility index (Phi) is 10.1. The highest BCUT2D eigenvalue weighted by atomic mass is 79.9. The number of hydrogen-bond donors (Lipinski definition) is 7. The van der Waals surface area contributed by atoms with Gasteiger partial charge in [-0.15, -0.1) is 0 Å². The number of amidine groups is 1. The van der Waals surface area contributed by atoms with Crippen LogP contribution in [0.5, 0.6) is 0 Å². The minimum Gasteiger partial charge on any atom is -0.388 e. The Hall–Kier alpha value is -5.91. The zero-order valence-corrected chi connectivity index (χ0v) is 27.5. The molecule has 4 aromatic heterocycles. The van der Waals surface area contributed by atoms with Crippen molar-refractivity contribution in [2.24, 2.45) is 33.9 Å². The van der Waals surface area contributed by atoms with E-state index in [1.54, 1.807) is 44.3 Å². The first-order valence-corrected chi connectivity index (χ1v) is 14.7. The number of nitrogens with zero attached hydrogens (tertiary/aromatic N) is 5. The van der Waals surface area contributed by atoms with E-state index in [-0.39, 0.29) is 52.1 Å². The van der Waals surface area contributed by atoms with Crippen LogP contribution in [-0.2, 0) is 33.0 Å². The predicted molar refractivity (Wildman–Crippen MR) is 179 cm³/mol. The maximum atomic E-state index is 13.1. The zero-order chi connectivity index (χ0) is 34.6. The number of nitrogens with two attached hydrogens (primary N) is 1. The van der Waals surface area contributed by atoms with E-state index in [0.717, 1.165) is 0 Å². The molecule has 0 bridgehead atoms. The molecule has 18 heteroatoms. The van der Waals surface area contributed by atoms with Crippen LogP contribution in [0.25, 0.3) is 0 Å². The maximum Gasteiger partial charge on any atom is 0.274 e. The summed E-state index contributed by atoms with van der Waals surface area (Å²) in [7, 11) is 6.46. The summed E-state index contributed by atoms with van der Waals surface area (Å²) in [5, 5.41) is 24.8. The largest absolute Gasteiger partial charge is 0.388 e. The number of carbonyl (C=O) groups excluding carboxylic acids is 5. The van der Waals surface area contributed by atoms with Crippen molar-refractivity contribution >= 4 is 74.2 Å². The van der Waals surface area contributed by atoms with E-state index in [4.69, 9.17) is 11.1 Å². The molecule has 0 aliphatic carbocycles. The molecule has 5 amide bonds. The van der Waals surface area contributed by atoms with Crippen molar-refractivity contribution < 1.29 is 24.0 Å². The van der Waals surface area contributed by atoms with Crippen LogP contribution in [0.4, 0.5) is 22.9 Å². The zero-order valence-electron chi connectivity index (χ0n) is 25.9. The first-order valence-electron chi connectivity index (χ1n) is 13.9. The fourth-order valence-electron chi connectivity index (χ4n) is 4.49. The van der Waals surface area contributed by atoms with Gasteiger partial charge in [0.25, 0.3) is 29.5 Å². The van der Waals surface area contributed by atoms with Crippen molar-refractivity contribution in [2.75, 3.05) is 27.8 Å². The minimum absolute atomic E-state index is 0.0392. The maximum absolute atomic E-state index is 13.1. The monoisotopic (exact) mass is 708 g/mol. The molecule has 0 saturated carbocycles. The number of aryl methyl sites for hydroxylation is 4. The van der Waals surface area contributed by atoms with E-state index >= 15 is 0 Å². The number of hydrogen-bond acceptors (Lipinski definition) is 7. The average Bonchev–Trinajstić information content (AvgIpc) is 3.73. The Balaban J connectivity index is 1.38. The second kappa shape index (κ2) is 14.0. The molecule has 0 unspecified atom stereocenters. The summed E-state index contributed by atoms with van der Waals surface area (Å²) in [5.74, 6) is -2.30. The summed E-state index contributed by atoms with van der Waals surface area (Å²) in [6.45, 7) is 3.71. The molecule has 246 valence electrons. The first kappa shape index (κ1) is 34.0. The normalized spacial score (nSPS) is 10.7. The average molecular weight is 710 g/mol. The fraction of sp³-hybridized carbons (Fsp3) is 0.207. The number of aromatic nitrogens is 5. The minimum atomic E-state index is -0.541. The van der Waals surface area contributed by atoms with Crippen LogP contribution in [-0.4, -0.2) is 65.4 Å². The van der Waals surface area contributed by atoms with Crippen molar-refractivity contribution in [1.82, 2.24) is 28.8 Å². The van der Waals surface area contributed by atoms with Crippen molar-refractivity contribution in [2.45, 2.75) is 6.42 Å². The molecule has 4 rings (SSSR count). The first-order chi connectivity index (χ1) is 22.1. The summed E-state index contributed by atoms with van der Waals surface area (Å²) in [6.07, 6.45) is 4.92. The molecule has 4 heterocycles. The summed E-state index contributed by atoms with van der Waals surface area (Å²) in [6, 6.07) is 5.88. The van der Waals surface area contributed by atoms with Crippen molar-refractivity contribution in [3.63, 3.8) is 0 Å². The fourth-order valence-corrected chi connectivity index (χ4v) is 4.59. The molecule has 0 saturated heterocycles. The number of nitrogens with one attached hydrogen (secondary N) is 6. The van der Waals surface area contributed by atoms with E-state index in [1.807, 2.05) is 0 Å². The van der Waals surface area contributed by atoms with Crippen LogP contribution in [0.2, 0.25) is 0 Å². The molecule has 47 heavy (non-hydrogen) atoms. The van der Waals surface area contributed by atoms with Gasteiger partial charge < -0.3 is 46.0 Å². The summed E-state index contributed by atoms with van der Waals surface area (Å²) in [4.78, 5) is 63.4. The molecule has 0 aliphatic rings. The van der Waals surface area contributed by atoms with Gasteiger partial charge in [-0.3, -0.25) is 34.1 Å². The third kappa shape index (κ3) is 8.23. The lowest BCUT2D eigenvalue weighted by atomic mass is 10.3. The molecular weight excluding hydrogens is 676 g/mol. The lowest BCUT2D eigenvalue weighted by molar-refractivity contribution is -0.112. The van der Waals surface area contributed by atoms with Gasteiger partial charge in [-0.2, -0.15) is 5.10 Å². The molecule has 0 spiro atoms. The van der Waals surface area contributed by atoms with Crippen LogP contribution in [0.1, 0.15) is 48.4 Å². The molecule has 0 atom stereocenters. The van der Waals surface area contributed by atoms with Crippen LogP contribution in [0.15, 0.2) is 53.9 Å². The molecule has 17 nitrogen and oxygen atoms in total. The van der Waals surface area contributed by atoms with E-state index in [0.29, 0.717) is 22.8 Å². The molecule has 0 radical (unpaired) electrons. The van der Waals surface area contributed by atoms with E-state index in [2.05, 4.69) is 54.2 Å². The highest BCUT2D eigenvalue weighted by molar-refractivity contribution is 9.12. The van der Waals surface area contributed by atoms with Gasteiger partial charge >= 0.3 is 0 Å². The van der Waals surface area contributed by atoms with Crippen molar-refractivity contribution in [3.05, 3.63) is 76.7 Å². The molecule has 0 fully saturated rings. The Bertz CT molecular complexity index is 1930. The number of amides is 5. The van der Waals surface area contributed by atoms with Crippen LogP contribution >= 0.6 is 15.9 Å². The van der Waals surface area contributed by atoms with Crippen molar-refractivity contribution in [1.29, 1.82) is 5.41 Å². The van der Waals surface area contributed by atoms with Gasteiger partial charge in [-0.25, -0.2) is 0 Å². The highest BCUT2D eigenvalue weighted by Gasteiger charge is 2.21. The van der Waals surface area contributed by atoms with E-state index in [9.17, 15) is 24.0 Å². The van der Waals surface area contributed by atoms with Gasteiger partial charge in [0.05, 0.1) is 27.4 Å². The van der Waals surface area contributed by atoms with Gasteiger partial charge in [-0.05, 0) is 34.1 Å². The second-order valence-corrected chi connectivity index (χ2v) is 11.4. The Morgan fingerprint density at radius 3 is 1.68 bits per heavy atom. The van der Waals surface area contributed by atoms with Crippen LogP contribution < -0.4 is 32.3 Å². The standard InChI is InChI=1S/C29H33BrN12O5/c1-15(30)25(43)34-16-9-21(41(4)12-16)28(46)37-24-11-22(42(5)38-24)29(47)36-18-10-20(40(3)14-18)27(45)35-17-8-19(39(2)13-17)26(44)33-7-6-23(31)32/h8-14H,1,6-7H2,2-5H3,(H3,31,32)(H,33,44)(H,34,43)(H,35,45)(H,36,47)(H,37,38,46). The smallest absolute Gasteiger partial charge is 0.274 e. The van der Waals surface area contributed by atoms with Crippen LogP contribution in [0.3, 0.4) is 0 Å². The second-order valence-electron chi connectivity index (χ2n) is 10.5. The van der Waals surface area contributed by atoms with Gasteiger partial charge in [0.2, 0.25) is 0 Å². The molecular formula is C29H33BrN12O5. The number of rotatable bonds is 12. The van der Waals surface area contributed by atoms with E-state index in [1.165, 1.54) is 45.1 Å². The SMILES string of the molecule is C=C(Br)C(=O)Nc1cc(C(=O)Nc2cc(C(=O)Nc3cc(C(=O)Nc4cc(C(=O)NCCC(=N)N)n(C)c4)n(C)c3)n(C)n2)n(C)c1. The number of carbonyl (C=O) groups is 5. The Labute approximate surface area is 276 Å². The number of anilines is 4. The molecule has 0 aliphatic heterocycles. The predicted octanol–water partition coefficient (Wildman–Crippen LogP) is 2.10. The molecule has 4 aromatic rings. The number of halogens is 1. The van der Waals surface area contributed by atoms with E-state index < -0.39 is 23.6 Å². The Morgan fingerprint density at radius 2 is 1.19 bits per heavy atom. The van der Waals surface area contributed by atoms with Gasteiger partial charge in [-0.1, -0.05) is 6.58 Å². The van der Waals surface area contributed by atoms with Gasteiger partial charge in [0, 0.05) is 65.8 Å². The highest BCUT2D eigenvalue weighted by Crippen LogP contribution is 2.20. The summed E-state index contributed by atoms with van der Waals surface area (Å²) < 4.78 is 6.04. The van der Waals surface area contributed by atoms with Crippen molar-refractivity contribution in [3.8, 4) is 0 Å². The molecule has 0 aromatic carbocycles. The molecule has 8 N–H and O–H groups in total. The summed E-state index contributed by atoms with van der Waals surface area (Å²) in [5.41, 5.74) is 7.31. The quantitative estimate of drug-likeness (QED) is 0.0658. The topological polar surface area (TPSA) is 228 Å². The summed E-state index contributed by atoms with van der Waals surface area (Å²) >= 11 is 3.00.